The van der Waals surface area contributed by atoms with Crippen molar-refractivity contribution in [3.63, 3.8) is 0 Å². The monoisotopic (exact) mass is 268 g/mol. The molecule has 0 aromatic rings. The van der Waals surface area contributed by atoms with Gasteiger partial charge in [0.05, 0.1) is 12.1 Å². The van der Waals surface area contributed by atoms with Gasteiger partial charge in [-0.3, -0.25) is 0 Å². The van der Waals surface area contributed by atoms with Crippen LogP contribution in [0.2, 0.25) is 0 Å². The second kappa shape index (κ2) is 7.61. The van der Waals surface area contributed by atoms with Crippen LogP contribution >= 0.6 is 0 Å². The molecule has 2 fully saturated rings. The van der Waals surface area contributed by atoms with E-state index < -0.39 is 0 Å². The molecular formula is C16H32N2O. The maximum atomic E-state index is 6.27. The Bertz CT molecular complexity index is 227. The zero-order valence-corrected chi connectivity index (χ0v) is 12.6. The summed E-state index contributed by atoms with van der Waals surface area (Å²) in [6, 6.07) is 0. The van der Waals surface area contributed by atoms with E-state index in [9.17, 15) is 0 Å². The van der Waals surface area contributed by atoms with E-state index in [1.807, 2.05) is 0 Å². The topological polar surface area (TPSA) is 47.3 Å². The van der Waals surface area contributed by atoms with Gasteiger partial charge in [0.2, 0.25) is 0 Å². The molecule has 19 heavy (non-hydrogen) atoms. The number of rotatable bonds is 6. The Morgan fingerprint density at radius 2 is 1.42 bits per heavy atom. The molecule has 3 N–H and O–H groups in total. The maximum absolute atomic E-state index is 6.27. The normalized spacial score (nSPS) is 23.7. The Balaban J connectivity index is 2.12. The summed E-state index contributed by atoms with van der Waals surface area (Å²) in [5, 5.41) is 0. The van der Waals surface area contributed by atoms with Gasteiger partial charge in [-0.15, -0.1) is 0 Å². The van der Waals surface area contributed by atoms with Gasteiger partial charge >= 0.3 is 0 Å². The Kier molecular flexibility index (Phi) is 6.11. The summed E-state index contributed by atoms with van der Waals surface area (Å²) in [6.07, 6.45) is 13.6. The summed E-state index contributed by atoms with van der Waals surface area (Å²) < 4.78 is 0. The number of hydroxylamine groups is 1. The largest absolute Gasteiger partial charge is 0.329 e. The summed E-state index contributed by atoms with van der Waals surface area (Å²) in [5.41, 5.74) is 9.75. The average molecular weight is 268 g/mol. The van der Waals surface area contributed by atoms with E-state index >= 15 is 0 Å². The molecule has 0 heterocycles. The van der Waals surface area contributed by atoms with Gasteiger partial charge in [-0.2, -0.15) is 5.48 Å². The summed E-state index contributed by atoms with van der Waals surface area (Å²) in [6.45, 7) is 3.50. The molecule has 0 aromatic carbocycles. The quantitative estimate of drug-likeness (QED) is 0.726. The van der Waals surface area contributed by atoms with Crippen molar-refractivity contribution in [2.24, 2.45) is 17.6 Å². The first-order chi connectivity index (χ1) is 9.33. The van der Waals surface area contributed by atoms with Gasteiger partial charge in [0, 0.05) is 6.54 Å². The minimum atomic E-state index is 0.0385. The van der Waals surface area contributed by atoms with Gasteiger partial charge in [0.25, 0.3) is 0 Å². The highest BCUT2D eigenvalue weighted by Crippen LogP contribution is 2.42. The van der Waals surface area contributed by atoms with Crippen LogP contribution in [-0.2, 0) is 4.84 Å². The molecule has 0 amide bonds. The Morgan fingerprint density at radius 1 is 0.947 bits per heavy atom. The SMILES string of the molecule is CCONC(CN)(C1CCCCC1)C1CCCCC1. The van der Waals surface area contributed by atoms with Crippen LogP contribution in [0.15, 0.2) is 0 Å². The van der Waals surface area contributed by atoms with Crippen LogP contribution in [0.1, 0.15) is 71.1 Å². The van der Waals surface area contributed by atoms with Crippen molar-refractivity contribution in [1.82, 2.24) is 5.48 Å². The molecule has 0 spiro atoms. The first-order valence-electron chi connectivity index (χ1n) is 8.42. The van der Waals surface area contributed by atoms with Gasteiger partial charge < -0.3 is 10.6 Å². The lowest BCUT2D eigenvalue weighted by atomic mass is 9.64. The van der Waals surface area contributed by atoms with Crippen LogP contribution in [0.4, 0.5) is 0 Å². The van der Waals surface area contributed by atoms with Gasteiger partial charge in [0.1, 0.15) is 0 Å². The van der Waals surface area contributed by atoms with Crippen molar-refractivity contribution < 1.29 is 4.84 Å². The molecule has 112 valence electrons. The van der Waals surface area contributed by atoms with Crippen LogP contribution in [0.5, 0.6) is 0 Å². The minimum Gasteiger partial charge on any atom is -0.329 e. The van der Waals surface area contributed by atoms with Crippen molar-refractivity contribution in [1.29, 1.82) is 0 Å². The van der Waals surface area contributed by atoms with Crippen molar-refractivity contribution in [3.8, 4) is 0 Å². The predicted molar refractivity (Wildman–Crippen MR) is 79.7 cm³/mol. The molecule has 0 radical (unpaired) electrons. The molecule has 0 bridgehead atoms. The van der Waals surface area contributed by atoms with Crippen LogP contribution in [0.3, 0.4) is 0 Å². The third-order valence-corrected chi connectivity index (χ3v) is 5.41. The smallest absolute Gasteiger partial charge is 0.0654 e. The second-order valence-electron chi connectivity index (χ2n) is 6.45. The summed E-state index contributed by atoms with van der Waals surface area (Å²) in [4.78, 5) is 5.67. The zero-order chi connectivity index (χ0) is 13.6. The van der Waals surface area contributed by atoms with E-state index in [-0.39, 0.29) is 5.54 Å². The number of nitrogens with two attached hydrogens (primary N) is 1. The van der Waals surface area contributed by atoms with Crippen LogP contribution in [0.25, 0.3) is 0 Å². The Labute approximate surface area is 118 Å². The fourth-order valence-electron chi connectivity index (χ4n) is 4.32. The molecule has 2 rings (SSSR count). The summed E-state index contributed by atoms with van der Waals surface area (Å²) in [5.74, 6) is 1.42. The standard InChI is InChI=1S/C16H32N2O/c1-2-19-18-16(13-17,14-9-5-3-6-10-14)15-11-7-4-8-12-15/h14-15,18H,2-13,17H2,1H3. The number of nitrogens with one attached hydrogen (secondary N) is 1. The highest BCUT2D eigenvalue weighted by atomic mass is 16.6. The number of hydrogen-bond acceptors (Lipinski definition) is 3. The Morgan fingerprint density at radius 3 is 1.79 bits per heavy atom. The van der Waals surface area contributed by atoms with E-state index in [1.54, 1.807) is 0 Å². The minimum absolute atomic E-state index is 0.0385. The molecule has 0 aromatic heterocycles. The molecule has 2 aliphatic rings. The molecular weight excluding hydrogens is 236 g/mol. The van der Waals surface area contributed by atoms with Crippen molar-refractivity contribution in [3.05, 3.63) is 0 Å². The van der Waals surface area contributed by atoms with Crippen molar-refractivity contribution in [2.75, 3.05) is 13.2 Å². The maximum Gasteiger partial charge on any atom is 0.0654 e. The van der Waals surface area contributed by atoms with E-state index in [2.05, 4.69) is 12.4 Å². The fraction of sp³-hybridized carbons (Fsp3) is 1.00. The summed E-state index contributed by atoms with van der Waals surface area (Å²) >= 11 is 0. The highest BCUT2D eigenvalue weighted by molar-refractivity contribution is 5.00. The lowest BCUT2D eigenvalue weighted by molar-refractivity contribution is -0.0770. The van der Waals surface area contributed by atoms with Crippen LogP contribution in [0, 0.1) is 11.8 Å². The predicted octanol–water partition coefficient (Wildman–Crippen LogP) is 3.39. The van der Waals surface area contributed by atoms with Gasteiger partial charge in [-0.05, 0) is 44.4 Å². The molecule has 3 heteroatoms. The van der Waals surface area contributed by atoms with Gasteiger partial charge in [-0.25, -0.2) is 0 Å². The lowest BCUT2D eigenvalue weighted by Crippen LogP contribution is -2.62. The van der Waals surface area contributed by atoms with E-state index in [1.165, 1.54) is 64.2 Å². The van der Waals surface area contributed by atoms with E-state index in [0.29, 0.717) is 11.8 Å². The molecule has 0 saturated heterocycles. The molecule has 2 saturated carbocycles. The molecule has 0 aliphatic heterocycles. The van der Waals surface area contributed by atoms with E-state index in [0.717, 1.165) is 13.2 Å². The highest BCUT2D eigenvalue weighted by Gasteiger charge is 2.45. The lowest BCUT2D eigenvalue weighted by Gasteiger charge is -2.48. The van der Waals surface area contributed by atoms with Crippen molar-refractivity contribution >= 4 is 0 Å². The van der Waals surface area contributed by atoms with Crippen LogP contribution < -0.4 is 11.2 Å². The molecule has 0 atom stereocenters. The second-order valence-corrected chi connectivity index (χ2v) is 6.45. The first kappa shape index (κ1) is 15.3. The van der Waals surface area contributed by atoms with Crippen molar-refractivity contribution in [2.45, 2.75) is 76.7 Å². The van der Waals surface area contributed by atoms with Gasteiger partial charge in [-0.1, -0.05) is 38.5 Å². The van der Waals surface area contributed by atoms with Gasteiger partial charge in [0.15, 0.2) is 0 Å². The summed E-state index contributed by atoms with van der Waals surface area (Å²) in [7, 11) is 0. The zero-order valence-electron chi connectivity index (χ0n) is 12.6. The molecule has 0 unspecified atom stereocenters. The Hall–Kier alpha value is -0.120. The van der Waals surface area contributed by atoms with E-state index in [4.69, 9.17) is 10.6 Å². The van der Waals surface area contributed by atoms with Crippen LogP contribution in [-0.4, -0.2) is 18.7 Å². The first-order valence-corrected chi connectivity index (χ1v) is 8.42. The number of hydrogen-bond donors (Lipinski definition) is 2. The third-order valence-electron chi connectivity index (χ3n) is 5.41. The fourth-order valence-corrected chi connectivity index (χ4v) is 4.32. The molecule has 2 aliphatic carbocycles. The third kappa shape index (κ3) is 3.50. The average Bonchev–Trinajstić information content (AvgIpc) is 2.51. The molecule has 3 nitrogen and oxygen atoms in total.